The lowest BCUT2D eigenvalue weighted by molar-refractivity contribution is 0.0152. The van der Waals surface area contributed by atoms with Crippen LogP contribution < -0.4 is 0 Å². The van der Waals surface area contributed by atoms with Gasteiger partial charge in [0.2, 0.25) is 0 Å². The summed E-state index contributed by atoms with van der Waals surface area (Å²) in [6.45, 7) is 1.65. The normalized spacial score (nSPS) is 22.5. The average Bonchev–Trinajstić information content (AvgIpc) is 2.79. The van der Waals surface area contributed by atoms with Crippen molar-refractivity contribution in [2.24, 2.45) is 5.16 Å². The number of benzene rings is 1. The Balaban J connectivity index is 2.26. The molecule has 0 bridgehead atoms. The fourth-order valence-corrected chi connectivity index (χ4v) is 3.70. The van der Waals surface area contributed by atoms with E-state index in [1.807, 2.05) is 0 Å². The summed E-state index contributed by atoms with van der Waals surface area (Å²) in [6, 6.07) is 4.01. The fourth-order valence-electron chi connectivity index (χ4n) is 1.73. The molecule has 1 aliphatic heterocycles. The molecule has 1 aromatic rings. The van der Waals surface area contributed by atoms with Crippen LogP contribution in [0.1, 0.15) is 18.9 Å². The molecular weight excluding hydrogens is 328 g/mol. The molecule has 1 aromatic carbocycles. The molecule has 0 fully saturated rings. The maximum atomic E-state index is 13.6. The van der Waals surface area contributed by atoms with Crippen LogP contribution in [0.3, 0.4) is 0 Å². The summed E-state index contributed by atoms with van der Waals surface area (Å²) in [7, 11) is -3.80. The lowest BCUT2D eigenvalue weighted by Gasteiger charge is -2.16. The van der Waals surface area contributed by atoms with Gasteiger partial charge in [0.1, 0.15) is 5.82 Å². The van der Waals surface area contributed by atoms with Gasteiger partial charge >= 0.3 is 0 Å². The summed E-state index contributed by atoms with van der Waals surface area (Å²) in [6.07, 6.45) is 0.0604. The zero-order valence-electron chi connectivity index (χ0n) is 10.6. The van der Waals surface area contributed by atoms with Gasteiger partial charge in [-0.1, -0.05) is 22.8 Å². The zero-order valence-corrected chi connectivity index (χ0v) is 12.9. The minimum absolute atomic E-state index is 0.0604. The van der Waals surface area contributed by atoms with E-state index >= 15 is 0 Å². The molecule has 1 atom stereocenters. The molecule has 4 nitrogen and oxygen atoms in total. The van der Waals surface area contributed by atoms with Crippen LogP contribution in [0.25, 0.3) is 0 Å². The predicted molar refractivity (Wildman–Crippen MR) is 76.3 cm³/mol. The van der Waals surface area contributed by atoms with Crippen LogP contribution in [0, 0.1) is 5.82 Å². The predicted octanol–water partition coefficient (Wildman–Crippen LogP) is 3.13. The molecule has 1 aliphatic rings. The number of nitrogens with zero attached hydrogens (tertiary/aromatic N) is 1. The summed E-state index contributed by atoms with van der Waals surface area (Å²) >= 11 is 11.5. The van der Waals surface area contributed by atoms with E-state index in [1.54, 1.807) is 6.92 Å². The number of hydrogen-bond donors (Lipinski definition) is 0. The van der Waals surface area contributed by atoms with E-state index in [0.29, 0.717) is 0 Å². The molecule has 0 saturated heterocycles. The van der Waals surface area contributed by atoms with Crippen molar-refractivity contribution in [3.05, 3.63) is 34.6 Å². The van der Waals surface area contributed by atoms with Gasteiger partial charge in [-0.3, -0.25) is 0 Å². The standard InChI is InChI=1S/C12H12Cl2FNO3S/c1-12(7-13)5-11(16-19-12)20(17,18)6-8-9(14)3-2-4-10(8)15/h2-4H,5-7H2,1H3. The second-order valence-corrected chi connectivity index (χ2v) is 7.46. The van der Waals surface area contributed by atoms with E-state index < -0.39 is 27.0 Å². The van der Waals surface area contributed by atoms with Crippen LogP contribution in [-0.4, -0.2) is 24.9 Å². The molecule has 0 radical (unpaired) electrons. The monoisotopic (exact) mass is 339 g/mol. The quantitative estimate of drug-likeness (QED) is 0.795. The Labute approximate surface area is 126 Å². The van der Waals surface area contributed by atoms with Crippen molar-refractivity contribution in [3.8, 4) is 0 Å². The molecule has 20 heavy (non-hydrogen) atoms. The first-order chi connectivity index (χ1) is 9.27. The van der Waals surface area contributed by atoms with Crippen LogP contribution in [0.5, 0.6) is 0 Å². The molecule has 1 heterocycles. The highest BCUT2D eigenvalue weighted by molar-refractivity contribution is 8.05. The van der Waals surface area contributed by atoms with Gasteiger partial charge in [0.15, 0.2) is 20.5 Å². The molecule has 8 heteroatoms. The third-order valence-corrected chi connectivity index (χ3v) is 5.46. The summed E-state index contributed by atoms with van der Waals surface area (Å²) in [5.74, 6) is -1.12. The average molecular weight is 340 g/mol. The SMILES string of the molecule is CC1(CCl)CC(S(=O)(=O)Cc2c(F)cccc2Cl)=NO1. The van der Waals surface area contributed by atoms with Crippen LogP contribution >= 0.6 is 23.2 Å². The topological polar surface area (TPSA) is 55.7 Å². The van der Waals surface area contributed by atoms with Gasteiger partial charge in [-0.25, -0.2) is 12.8 Å². The van der Waals surface area contributed by atoms with Gasteiger partial charge in [-0.15, -0.1) is 11.6 Å². The molecule has 0 spiro atoms. The Morgan fingerprint density at radius 3 is 2.75 bits per heavy atom. The first kappa shape index (κ1) is 15.5. The van der Waals surface area contributed by atoms with Crippen LogP contribution in [0.4, 0.5) is 4.39 Å². The van der Waals surface area contributed by atoms with E-state index in [-0.39, 0.29) is 27.9 Å². The third kappa shape index (κ3) is 3.07. The smallest absolute Gasteiger partial charge is 0.199 e. The Morgan fingerprint density at radius 2 is 2.20 bits per heavy atom. The lowest BCUT2D eigenvalue weighted by Crippen LogP contribution is -2.28. The number of sulfone groups is 1. The molecule has 2 rings (SSSR count). The van der Waals surface area contributed by atoms with Crippen molar-refractivity contribution in [2.45, 2.75) is 24.7 Å². The third-order valence-electron chi connectivity index (χ3n) is 2.93. The number of hydrogen-bond acceptors (Lipinski definition) is 4. The first-order valence-corrected chi connectivity index (χ1v) is 8.30. The van der Waals surface area contributed by atoms with Gasteiger partial charge in [-0.2, -0.15) is 0 Å². The van der Waals surface area contributed by atoms with Crippen LogP contribution in [0.15, 0.2) is 23.4 Å². The lowest BCUT2D eigenvalue weighted by atomic mass is 10.1. The van der Waals surface area contributed by atoms with Crippen molar-refractivity contribution in [3.63, 3.8) is 0 Å². The molecule has 0 saturated carbocycles. The van der Waals surface area contributed by atoms with Gasteiger partial charge in [0, 0.05) is 17.0 Å². The number of oxime groups is 1. The van der Waals surface area contributed by atoms with Crippen LogP contribution in [-0.2, 0) is 20.4 Å². The summed E-state index contributed by atoms with van der Waals surface area (Å²) in [5.41, 5.74) is -0.917. The first-order valence-electron chi connectivity index (χ1n) is 5.74. The second-order valence-electron chi connectivity index (χ2n) is 4.80. The summed E-state index contributed by atoms with van der Waals surface area (Å²) < 4.78 is 38.1. The Hall–Kier alpha value is -0.850. The Morgan fingerprint density at radius 1 is 1.50 bits per heavy atom. The minimum Gasteiger partial charge on any atom is -0.387 e. The largest absolute Gasteiger partial charge is 0.387 e. The van der Waals surface area contributed by atoms with Crippen molar-refractivity contribution in [1.82, 2.24) is 0 Å². The van der Waals surface area contributed by atoms with E-state index in [2.05, 4.69) is 5.16 Å². The van der Waals surface area contributed by atoms with E-state index in [9.17, 15) is 12.8 Å². The molecule has 0 aromatic heterocycles. The second kappa shape index (κ2) is 5.50. The zero-order chi connectivity index (χ0) is 15.0. The van der Waals surface area contributed by atoms with Gasteiger partial charge in [-0.05, 0) is 19.1 Å². The minimum atomic E-state index is -3.80. The molecule has 1 unspecified atom stereocenters. The molecule has 0 N–H and O–H groups in total. The van der Waals surface area contributed by atoms with Gasteiger partial charge in [0.25, 0.3) is 0 Å². The molecule has 110 valence electrons. The van der Waals surface area contributed by atoms with Crippen molar-refractivity contribution in [1.29, 1.82) is 0 Å². The molecular formula is C12H12Cl2FNO3S. The molecule has 0 aliphatic carbocycles. The van der Waals surface area contributed by atoms with Crippen molar-refractivity contribution in [2.75, 3.05) is 5.88 Å². The van der Waals surface area contributed by atoms with Gasteiger partial charge in [0.05, 0.1) is 11.6 Å². The number of rotatable bonds is 3. The highest BCUT2D eigenvalue weighted by atomic mass is 35.5. The maximum absolute atomic E-state index is 13.6. The van der Waals surface area contributed by atoms with Gasteiger partial charge < -0.3 is 4.84 Å². The maximum Gasteiger partial charge on any atom is 0.199 e. The Kier molecular flexibility index (Phi) is 4.27. The number of alkyl halides is 1. The molecule has 0 amide bonds. The van der Waals surface area contributed by atoms with E-state index in [4.69, 9.17) is 28.0 Å². The number of halogens is 3. The van der Waals surface area contributed by atoms with Crippen LogP contribution in [0.2, 0.25) is 5.02 Å². The highest BCUT2D eigenvalue weighted by Crippen LogP contribution is 2.29. The van der Waals surface area contributed by atoms with E-state index in [1.165, 1.54) is 12.1 Å². The summed E-state index contributed by atoms with van der Waals surface area (Å²) in [5, 5.41) is 3.49. The Bertz CT molecular complexity index is 642. The summed E-state index contributed by atoms with van der Waals surface area (Å²) in [4.78, 5) is 5.04. The van der Waals surface area contributed by atoms with Crippen molar-refractivity contribution < 1.29 is 17.6 Å². The van der Waals surface area contributed by atoms with E-state index in [0.717, 1.165) is 6.07 Å². The fraction of sp³-hybridized carbons (Fsp3) is 0.417. The highest BCUT2D eigenvalue weighted by Gasteiger charge is 2.39. The van der Waals surface area contributed by atoms with Crippen molar-refractivity contribution >= 4 is 38.1 Å².